The third-order valence-electron chi connectivity index (χ3n) is 7.24. The molecule has 0 atom stereocenters. The van der Waals surface area contributed by atoms with Gasteiger partial charge in [0.25, 0.3) is 0 Å². The number of rotatable bonds is 6. The minimum atomic E-state index is -0.369. The van der Waals surface area contributed by atoms with Gasteiger partial charge in [0.15, 0.2) is 5.78 Å². The quantitative estimate of drug-likeness (QED) is 0.328. The van der Waals surface area contributed by atoms with E-state index < -0.39 is 0 Å². The summed E-state index contributed by atoms with van der Waals surface area (Å²) in [5.41, 5.74) is 3.84. The fourth-order valence-electron chi connectivity index (χ4n) is 5.13. The Hall–Kier alpha value is -2.61. The molecule has 1 saturated heterocycles. The molecule has 0 bridgehead atoms. The van der Waals surface area contributed by atoms with Crippen LogP contribution in [0.3, 0.4) is 0 Å². The number of ketones is 1. The van der Waals surface area contributed by atoms with Crippen molar-refractivity contribution in [2.45, 2.75) is 26.4 Å². The predicted molar refractivity (Wildman–Crippen MR) is 155 cm³/mol. The van der Waals surface area contributed by atoms with Crippen LogP contribution in [0.4, 0.5) is 16.2 Å². The first-order valence-electron chi connectivity index (χ1n) is 12.7. The van der Waals surface area contributed by atoms with E-state index in [4.69, 9.17) is 34.8 Å². The lowest BCUT2D eigenvalue weighted by Crippen LogP contribution is -2.50. The molecule has 0 aromatic heterocycles. The average molecular weight is 572 g/mol. The van der Waals surface area contributed by atoms with Gasteiger partial charge in [-0.1, -0.05) is 59.1 Å². The fourth-order valence-corrected chi connectivity index (χ4v) is 5.94. The Bertz CT molecular complexity index is 1370. The van der Waals surface area contributed by atoms with Crippen molar-refractivity contribution < 1.29 is 9.59 Å². The number of nitrogens with zero attached hydrogens (tertiary/aromatic N) is 3. The van der Waals surface area contributed by atoms with Crippen molar-refractivity contribution in [3.05, 3.63) is 80.8 Å². The summed E-state index contributed by atoms with van der Waals surface area (Å²) in [6, 6.07) is 16.4. The minimum Gasteiger partial charge on any atom is -0.333 e. The van der Waals surface area contributed by atoms with Crippen molar-refractivity contribution in [2.24, 2.45) is 0 Å². The van der Waals surface area contributed by atoms with Crippen LogP contribution in [0.15, 0.2) is 54.6 Å². The number of nitrogens with one attached hydrogen (secondary N) is 1. The second kappa shape index (κ2) is 11.2. The minimum absolute atomic E-state index is 0.0183. The van der Waals surface area contributed by atoms with Gasteiger partial charge in [-0.25, -0.2) is 4.79 Å². The topological polar surface area (TPSA) is 55.9 Å². The molecule has 2 heterocycles. The molecule has 2 aliphatic heterocycles. The number of halogens is 3. The van der Waals surface area contributed by atoms with Crippen molar-refractivity contribution in [1.29, 1.82) is 0 Å². The van der Waals surface area contributed by atoms with E-state index in [2.05, 4.69) is 29.0 Å². The van der Waals surface area contributed by atoms with Crippen LogP contribution in [0.2, 0.25) is 15.1 Å². The van der Waals surface area contributed by atoms with E-state index in [1.54, 1.807) is 24.3 Å². The lowest BCUT2D eigenvalue weighted by Gasteiger charge is -2.36. The third kappa shape index (κ3) is 5.29. The Morgan fingerprint density at radius 1 is 0.895 bits per heavy atom. The van der Waals surface area contributed by atoms with E-state index >= 15 is 0 Å². The van der Waals surface area contributed by atoms with Gasteiger partial charge in [-0.2, -0.15) is 0 Å². The number of anilines is 2. The number of hydrogen-bond acceptors (Lipinski definition) is 4. The van der Waals surface area contributed by atoms with Crippen LogP contribution in [0.5, 0.6) is 0 Å². The fraction of sp³-hybridized carbons (Fsp3) is 0.310. The van der Waals surface area contributed by atoms with Crippen LogP contribution in [0.1, 0.15) is 29.8 Å². The highest BCUT2D eigenvalue weighted by molar-refractivity contribution is 6.40. The number of amides is 2. The molecule has 198 valence electrons. The molecule has 0 spiro atoms. The zero-order chi connectivity index (χ0) is 27.0. The Labute approximate surface area is 238 Å². The van der Waals surface area contributed by atoms with Crippen molar-refractivity contribution in [3.63, 3.8) is 0 Å². The number of piperazine rings is 1. The largest absolute Gasteiger partial charge is 0.333 e. The Kier molecular flexibility index (Phi) is 7.98. The van der Waals surface area contributed by atoms with E-state index in [0.29, 0.717) is 44.6 Å². The summed E-state index contributed by atoms with van der Waals surface area (Å²) < 4.78 is 0. The summed E-state index contributed by atoms with van der Waals surface area (Å²) >= 11 is 19.7. The van der Waals surface area contributed by atoms with E-state index in [-0.39, 0.29) is 18.4 Å². The van der Waals surface area contributed by atoms with Gasteiger partial charge in [0.2, 0.25) is 0 Å². The Balaban J connectivity index is 1.59. The molecular weight excluding hydrogens is 543 g/mol. The number of Topliss-reactive ketones (excluding diaryl/α,β-unsaturated/α-hetero) is 1. The third-order valence-corrected chi connectivity index (χ3v) is 8.18. The summed E-state index contributed by atoms with van der Waals surface area (Å²) in [6.45, 7) is 8.48. The second-order valence-electron chi connectivity index (χ2n) is 9.89. The molecular formula is C29H29Cl3N4O2. The van der Waals surface area contributed by atoms with Crippen molar-refractivity contribution >= 4 is 58.0 Å². The predicted octanol–water partition coefficient (Wildman–Crippen LogP) is 6.88. The van der Waals surface area contributed by atoms with Gasteiger partial charge < -0.3 is 5.32 Å². The molecule has 9 heteroatoms. The first-order chi connectivity index (χ1) is 18.2. The number of benzene rings is 3. The summed E-state index contributed by atoms with van der Waals surface area (Å²) in [5, 5.41) is 4.15. The van der Waals surface area contributed by atoms with Gasteiger partial charge in [-0.15, -0.1) is 0 Å². The van der Waals surface area contributed by atoms with Gasteiger partial charge in [0.1, 0.15) is 0 Å². The maximum absolute atomic E-state index is 13.7. The molecule has 2 aliphatic rings. The molecule has 0 aliphatic carbocycles. The van der Waals surface area contributed by atoms with Gasteiger partial charge >= 0.3 is 6.03 Å². The number of urea groups is 1. The van der Waals surface area contributed by atoms with Crippen molar-refractivity contribution in [3.8, 4) is 11.1 Å². The van der Waals surface area contributed by atoms with Crippen molar-refractivity contribution in [1.82, 2.24) is 15.1 Å². The molecule has 5 rings (SSSR count). The number of carbonyl (C=O) groups is 2. The van der Waals surface area contributed by atoms with E-state index in [1.807, 2.05) is 30.3 Å². The highest BCUT2D eigenvalue weighted by Crippen LogP contribution is 2.44. The summed E-state index contributed by atoms with van der Waals surface area (Å²) in [7, 11) is 0. The first-order valence-corrected chi connectivity index (χ1v) is 13.8. The molecule has 1 N–H and O–H groups in total. The Morgan fingerprint density at radius 2 is 1.55 bits per heavy atom. The molecule has 0 unspecified atom stereocenters. The van der Waals surface area contributed by atoms with Crippen LogP contribution < -0.4 is 10.2 Å². The summed E-state index contributed by atoms with van der Waals surface area (Å²) in [6.07, 6.45) is 0. The van der Waals surface area contributed by atoms with Crippen LogP contribution in [-0.2, 0) is 6.54 Å². The first kappa shape index (κ1) is 27.0. The highest BCUT2D eigenvalue weighted by atomic mass is 35.5. The molecule has 2 amide bonds. The van der Waals surface area contributed by atoms with Gasteiger partial charge in [-0.3, -0.25) is 19.5 Å². The lowest BCUT2D eigenvalue weighted by atomic mass is 9.92. The number of fused-ring (bicyclic) bond motifs is 1. The van der Waals surface area contributed by atoms with Crippen LogP contribution >= 0.6 is 34.8 Å². The standard InChI is InChI=1S/C29H29Cl3N4O2/c1-18(2)35-12-10-34(11-13-35)17-27(37)19-14-21(20-6-3-4-7-23(20)30)22-16-33-29(38)36(26(22)15-19)28-24(31)8-5-9-25(28)32/h3-9,14-15,18H,10-13,16-17H2,1-2H3,(H,33,38). The number of para-hydroxylation sites is 1. The number of hydrogen-bond donors (Lipinski definition) is 1. The molecule has 3 aromatic carbocycles. The van der Waals surface area contributed by atoms with E-state index in [1.165, 1.54) is 4.90 Å². The van der Waals surface area contributed by atoms with Gasteiger partial charge in [-0.05, 0) is 49.7 Å². The summed E-state index contributed by atoms with van der Waals surface area (Å²) in [4.78, 5) is 33.0. The summed E-state index contributed by atoms with van der Waals surface area (Å²) in [5.74, 6) is -0.0183. The molecule has 6 nitrogen and oxygen atoms in total. The molecule has 38 heavy (non-hydrogen) atoms. The molecule has 0 radical (unpaired) electrons. The normalized spacial score (nSPS) is 16.5. The average Bonchev–Trinajstić information content (AvgIpc) is 2.89. The van der Waals surface area contributed by atoms with Crippen molar-refractivity contribution in [2.75, 3.05) is 37.6 Å². The number of carbonyl (C=O) groups excluding carboxylic acids is 2. The van der Waals surface area contributed by atoms with Gasteiger partial charge in [0.05, 0.1) is 28.0 Å². The zero-order valence-electron chi connectivity index (χ0n) is 21.3. The van der Waals surface area contributed by atoms with Crippen LogP contribution in [0.25, 0.3) is 11.1 Å². The second-order valence-corrected chi connectivity index (χ2v) is 11.1. The van der Waals surface area contributed by atoms with Crippen LogP contribution in [-0.4, -0.2) is 60.4 Å². The monoisotopic (exact) mass is 570 g/mol. The van der Waals surface area contributed by atoms with Gasteiger partial charge in [0, 0.05) is 60.5 Å². The smallest absolute Gasteiger partial charge is 0.326 e. The zero-order valence-corrected chi connectivity index (χ0v) is 23.6. The lowest BCUT2D eigenvalue weighted by molar-refractivity contribution is 0.0807. The maximum Gasteiger partial charge on any atom is 0.326 e. The van der Waals surface area contributed by atoms with E-state index in [0.717, 1.165) is 42.9 Å². The maximum atomic E-state index is 13.7. The highest BCUT2D eigenvalue weighted by Gasteiger charge is 2.32. The Morgan fingerprint density at radius 3 is 2.21 bits per heavy atom. The molecule has 3 aromatic rings. The van der Waals surface area contributed by atoms with E-state index in [9.17, 15) is 9.59 Å². The molecule has 1 fully saturated rings. The van der Waals surface area contributed by atoms with Crippen LogP contribution in [0, 0.1) is 0 Å². The molecule has 0 saturated carbocycles. The SMILES string of the molecule is CC(C)N1CCN(CC(=O)c2cc(-c3ccccc3Cl)c3c(c2)N(c2c(Cl)cccc2Cl)C(=O)NC3)CC1.